The first kappa shape index (κ1) is 18.2. The molecular formula is C18H20N6O3. The van der Waals surface area contributed by atoms with Crippen LogP contribution in [0, 0.1) is 13.8 Å². The van der Waals surface area contributed by atoms with E-state index in [0.29, 0.717) is 5.75 Å². The minimum atomic E-state index is -0.580. The number of nitrogens with zero attached hydrogens (tertiary/aromatic N) is 4. The molecule has 0 fully saturated rings. The summed E-state index contributed by atoms with van der Waals surface area (Å²) in [6.07, 6.45) is 1.60. The van der Waals surface area contributed by atoms with E-state index in [4.69, 9.17) is 4.74 Å². The predicted octanol–water partition coefficient (Wildman–Crippen LogP) is 1.16. The first-order chi connectivity index (χ1) is 13.0. The molecule has 0 aliphatic heterocycles. The number of aryl methyl sites for hydroxylation is 2. The zero-order valence-corrected chi connectivity index (χ0v) is 15.3. The molecule has 27 heavy (non-hydrogen) atoms. The summed E-state index contributed by atoms with van der Waals surface area (Å²) in [5.41, 5.74) is 7.23. The van der Waals surface area contributed by atoms with Crippen LogP contribution >= 0.6 is 0 Å². The molecule has 2 heterocycles. The van der Waals surface area contributed by atoms with E-state index < -0.39 is 11.8 Å². The maximum atomic E-state index is 12.4. The zero-order valence-electron chi connectivity index (χ0n) is 15.3. The summed E-state index contributed by atoms with van der Waals surface area (Å²) in [6, 6.07) is 11.2. The molecule has 9 heteroatoms. The van der Waals surface area contributed by atoms with Gasteiger partial charge in [0.25, 0.3) is 11.8 Å². The fourth-order valence-corrected chi connectivity index (χ4v) is 2.57. The molecule has 2 N–H and O–H groups in total. The van der Waals surface area contributed by atoms with Crippen LogP contribution in [0.5, 0.6) is 5.75 Å². The Bertz CT molecular complexity index is 961. The van der Waals surface area contributed by atoms with Crippen molar-refractivity contribution >= 4 is 11.8 Å². The third-order valence-corrected chi connectivity index (χ3v) is 3.85. The molecule has 0 atom stereocenters. The van der Waals surface area contributed by atoms with Crippen LogP contribution in [0.2, 0.25) is 0 Å². The van der Waals surface area contributed by atoms with E-state index in [1.165, 1.54) is 11.8 Å². The van der Waals surface area contributed by atoms with Crippen LogP contribution < -0.4 is 15.6 Å². The van der Waals surface area contributed by atoms with Crippen molar-refractivity contribution in [3.63, 3.8) is 0 Å². The highest BCUT2D eigenvalue weighted by atomic mass is 16.5. The summed E-state index contributed by atoms with van der Waals surface area (Å²) in [4.78, 5) is 24.4. The van der Waals surface area contributed by atoms with Gasteiger partial charge in [-0.1, -0.05) is 18.2 Å². The molecule has 0 aliphatic rings. The Balaban J connectivity index is 1.66. The highest BCUT2D eigenvalue weighted by molar-refractivity contribution is 5.96. The number of para-hydroxylation sites is 1. The number of ether oxygens (including phenoxy) is 1. The highest BCUT2D eigenvalue weighted by Gasteiger charge is 2.19. The maximum Gasteiger partial charge on any atom is 0.294 e. The lowest BCUT2D eigenvalue weighted by molar-refractivity contribution is -0.122. The number of benzene rings is 1. The largest absolute Gasteiger partial charge is 0.493 e. The third-order valence-electron chi connectivity index (χ3n) is 3.85. The van der Waals surface area contributed by atoms with Crippen molar-refractivity contribution in [1.82, 2.24) is 30.4 Å². The van der Waals surface area contributed by atoms with Crippen LogP contribution in [0.25, 0.3) is 5.69 Å². The number of hydrazine groups is 1. The number of amides is 2. The summed E-state index contributed by atoms with van der Waals surface area (Å²) < 4.78 is 8.31. The minimum absolute atomic E-state index is 0.00442. The highest BCUT2D eigenvalue weighted by Crippen LogP contribution is 2.19. The molecule has 2 aromatic heterocycles. The van der Waals surface area contributed by atoms with E-state index in [2.05, 4.69) is 21.0 Å². The van der Waals surface area contributed by atoms with E-state index in [1.54, 1.807) is 10.9 Å². The Morgan fingerprint density at radius 1 is 1.11 bits per heavy atom. The standard InChI is InChI=1S/C18H20N6O3/c1-12-9-13(2)23(21-12)11-16(25)19-20-18(26)17-15(27-3)10-24(22-17)14-7-5-4-6-8-14/h4-10H,11H2,1-3H3,(H,19,25)(H,20,26). The van der Waals surface area contributed by atoms with Gasteiger partial charge >= 0.3 is 0 Å². The Morgan fingerprint density at radius 3 is 2.48 bits per heavy atom. The van der Waals surface area contributed by atoms with Gasteiger partial charge in [-0.3, -0.25) is 25.1 Å². The van der Waals surface area contributed by atoms with Gasteiger partial charge in [-0.2, -0.15) is 10.2 Å². The Kier molecular flexibility index (Phi) is 5.20. The molecule has 3 aromatic rings. The second kappa shape index (κ2) is 7.73. The topological polar surface area (TPSA) is 103 Å². The van der Waals surface area contributed by atoms with Gasteiger partial charge in [0.1, 0.15) is 6.54 Å². The number of methoxy groups -OCH3 is 1. The van der Waals surface area contributed by atoms with Gasteiger partial charge in [0, 0.05) is 5.69 Å². The lowest BCUT2D eigenvalue weighted by Crippen LogP contribution is -2.43. The smallest absolute Gasteiger partial charge is 0.294 e. The molecule has 0 saturated carbocycles. The normalized spacial score (nSPS) is 10.5. The predicted molar refractivity (Wildman–Crippen MR) is 97.4 cm³/mol. The van der Waals surface area contributed by atoms with Gasteiger partial charge in [0.05, 0.1) is 24.7 Å². The van der Waals surface area contributed by atoms with E-state index in [-0.39, 0.29) is 12.2 Å². The molecule has 2 amide bonds. The average Bonchev–Trinajstić information content (AvgIpc) is 3.23. The molecule has 0 aliphatic carbocycles. The van der Waals surface area contributed by atoms with Crippen molar-refractivity contribution in [3.05, 3.63) is 59.7 Å². The van der Waals surface area contributed by atoms with Crippen LogP contribution in [-0.4, -0.2) is 38.5 Å². The molecule has 1 aromatic carbocycles. The van der Waals surface area contributed by atoms with Gasteiger partial charge in [-0.05, 0) is 32.0 Å². The Labute approximate surface area is 155 Å². The summed E-state index contributed by atoms with van der Waals surface area (Å²) in [7, 11) is 1.45. The molecule has 0 saturated heterocycles. The zero-order chi connectivity index (χ0) is 19.4. The molecule has 9 nitrogen and oxygen atoms in total. The SMILES string of the molecule is COc1cn(-c2ccccc2)nc1C(=O)NNC(=O)Cn1nc(C)cc1C. The third kappa shape index (κ3) is 4.14. The van der Waals surface area contributed by atoms with Gasteiger partial charge in [0.15, 0.2) is 11.4 Å². The summed E-state index contributed by atoms with van der Waals surface area (Å²) in [6.45, 7) is 3.70. The van der Waals surface area contributed by atoms with E-state index in [1.807, 2.05) is 50.2 Å². The second-order valence-electron chi connectivity index (χ2n) is 5.91. The van der Waals surface area contributed by atoms with Crippen LogP contribution in [0.15, 0.2) is 42.6 Å². The fraction of sp³-hybridized carbons (Fsp3) is 0.222. The molecule has 0 unspecified atom stereocenters. The molecule has 0 radical (unpaired) electrons. The quantitative estimate of drug-likeness (QED) is 0.658. The monoisotopic (exact) mass is 368 g/mol. The minimum Gasteiger partial charge on any atom is -0.493 e. The van der Waals surface area contributed by atoms with Gasteiger partial charge < -0.3 is 4.74 Å². The average molecular weight is 368 g/mol. The van der Waals surface area contributed by atoms with Crippen molar-refractivity contribution in [3.8, 4) is 11.4 Å². The molecule has 3 rings (SSSR count). The summed E-state index contributed by atoms with van der Waals surface area (Å²) in [5.74, 6) is -0.691. The Hall–Kier alpha value is -3.62. The lowest BCUT2D eigenvalue weighted by atomic mass is 10.3. The van der Waals surface area contributed by atoms with Gasteiger partial charge in [0.2, 0.25) is 0 Å². The van der Waals surface area contributed by atoms with Gasteiger partial charge in [-0.15, -0.1) is 0 Å². The van der Waals surface area contributed by atoms with Crippen LogP contribution in [-0.2, 0) is 11.3 Å². The van der Waals surface area contributed by atoms with Crippen LogP contribution in [0.1, 0.15) is 21.9 Å². The van der Waals surface area contributed by atoms with E-state index in [9.17, 15) is 9.59 Å². The number of nitrogens with one attached hydrogen (secondary N) is 2. The van der Waals surface area contributed by atoms with E-state index >= 15 is 0 Å². The molecule has 0 bridgehead atoms. The van der Waals surface area contributed by atoms with Crippen LogP contribution in [0.4, 0.5) is 0 Å². The summed E-state index contributed by atoms with van der Waals surface area (Å²) >= 11 is 0. The molecular weight excluding hydrogens is 348 g/mol. The van der Waals surface area contributed by atoms with Crippen molar-refractivity contribution in [2.45, 2.75) is 20.4 Å². The fourth-order valence-electron chi connectivity index (χ4n) is 2.57. The van der Waals surface area contributed by atoms with Crippen molar-refractivity contribution < 1.29 is 14.3 Å². The van der Waals surface area contributed by atoms with Crippen molar-refractivity contribution in [2.24, 2.45) is 0 Å². The number of hydrogen-bond donors (Lipinski definition) is 2. The Morgan fingerprint density at radius 2 is 1.85 bits per heavy atom. The first-order valence-electron chi connectivity index (χ1n) is 8.27. The molecule has 140 valence electrons. The number of rotatable bonds is 5. The number of carbonyl (C=O) groups is 2. The number of carbonyl (C=O) groups excluding carboxylic acids is 2. The number of aromatic nitrogens is 4. The second-order valence-corrected chi connectivity index (χ2v) is 5.91. The number of hydrogen-bond acceptors (Lipinski definition) is 5. The van der Waals surface area contributed by atoms with E-state index in [0.717, 1.165) is 17.1 Å². The van der Waals surface area contributed by atoms with Gasteiger partial charge in [-0.25, -0.2) is 4.68 Å². The summed E-state index contributed by atoms with van der Waals surface area (Å²) in [5, 5.41) is 8.45. The maximum absolute atomic E-state index is 12.4. The van der Waals surface area contributed by atoms with Crippen LogP contribution in [0.3, 0.4) is 0 Å². The lowest BCUT2D eigenvalue weighted by Gasteiger charge is -2.08. The molecule has 0 spiro atoms. The van der Waals surface area contributed by atoms with Crippen molar-refractivity contribution in [2.75, 3.05) is 7.11 Å². The first-order valence-corrected chi connectivity index (χ1v) is 8.27. The van der Waals surface area contributed by atoms with Crippen molar-refractivity contribution in [1.29, 1.82) is 0 Å².